The Balaban J connectivity index is 3.27. The fourth-order valence-electron chi connectivity index (χ4n) is 1.65. The summed E-state index contributed by atoms with van der Waals surface area (Å²) in [5.74, 6) is 1.52. The van der Waals surface area contributed by atoms with E-state index in [0.717, 1.165) is 5.56 Å². The molecule has 0 aliphatic carbocycles. The molecule has 16 heavy (non-hydrogen) atoms. The third-order valence-corrected chi connectivity index (χ3v) is 2.82. The average molecular weight is 217 g/mol. The highest BCUT2D eigenvalue weighted by molar-refractivity contribution is 5.76. The minimum atomic E-state index is -1.03. The zero-order valence-electron chi connectivity index (χ0n) is 9.40. The summed E-state index contributed by atoms with van der Waals surface area (Å²) in [5, 5.41) is 8.97. The molecule has 3 nitrogen and oxygen atoms in total. The molecular weight excluding hydrogens is 202 g/mol. The molecule has 0 spiro atoms. The van der Waals surface area contributed by atoms with E-state index in [2.05, 4.69) is 5.92 Å². The van der Waals surface area contributed by atoms with Crippen molar-refractivity contribution in [2.45, 2.75) is 25.3 Å². The van der Waals surface area contributed by atoms with Gasteiger partial charge in [-0.05, 0) is 11.6 Å². The van der Waals surface area contributed by atoms with Crippen LogP contribution in [0.2, 0.25) is 0 Å². The third-order valence-electron chi connectivity index (χ3n) is 2.82. The van der Waals surface area contributed by atoms with Crippen LogP contribution in [-0.4, -0.2) is 17.1 Å². The van der Waals surface area contributed by atoms with Crippen molar-refractivity contribution in [2.75, 3.05) is 0 Å². The summed E-state index contributed by atoms with van der Waals surface area (Å²) in [6, 6.07) is 6.26. The molecule has 1 aromatic rings. The van der Waals surface area contributed by atoms with Crippen molar-refractivity contribution in [2.24, 2.45) is 5.73 Å². The van der Waals surface area contributed by atoms with Crippen LogP contribution in [0.1, 0.15) is 25.0 Å². The van der Waals surface area contributed by atoms with Crippen molar-refractivity contribution in [1.82, 2.24) is 0 Å². The summed E-state index contributed by atoms with van der Waals surface area (Å²) in [6.45, 7) is 3.56. The SMILES string of the molecule is C#Cc1ccccc1C(C)(C)C(N)C(=O)O. The Morgan fingerprint density at radius 2 is 2.06 bits per heavy atom. The van der Waals surface area contributed by atoms with E-state index in [1.54, 1.807) is 19.9 Å². The van der Waals surface area contributed by atoms with Crippen LogP contribution >= 0.6 is 0 Å². The maximum Gasteiger partial charge on any atom is 0.321 e. The lowest BCUT2D eigenvalue weighted by Gasteiger charge is -2.30. The third kappa shape index (κ3) is 2.07. The number of terminal acetylenes is 1. The van der Waals surface area contributed by atoms with Gasteiger partial charge in [0.05, 0.1) is 0 Å². The predicted molar refractivity (Wildman–Crippen MR) is 63.0 cm³/mol. The summed E-state index contributed by atoms with van der Waals surface area (Å²) in [5.41, 5.74) is 6.45. The molecule has 0 heterocycles. The van der Waals surface area contributed by atoms with E-state index in [9.17, 15) is 4.79 Å². The van der Waals surface area contributed by atoms with Gasteiger partial charge in [-0.15, -0.1) is 6.42 Å². The summed E-state index contributed by atoms with van der Waals surface area (Å²) >= 11 is 0. The molecule has 1 rings (SSSR count). The Bertz CT molecular complexity index is 443. The van der Waals surface area contributed by atoms with Crippen molar-refractivity contribution >= 4 is 5.97 Å². The number of nitrogens with two attached hydrogens (primary N) is 1. The molecular formula is C13H15NO2. The number of carbonyl (C=O) groups is 1. The van der Waals surface area contributed by atoms with Crippen LogP contribution < -0.4 is 5.73 Å². The van der Waals surface area contributed by atoms with Crippen LogP contribution in [0.5, 0.6) is 0 Å². The van der Waals surface area contributed by atoms with E-state index in [1.807, 2.05) is 18.2 Å². The molecule has 0 amide bonds. The number of hydrogen-bond acceptors (Lipinski definition) is 2. The second kappa shape index (κ2) is 4.38. The molecule has 0 aromatic heterocycles. The normalized spacial score (nSPS) is 12.9. The van der Waals surface area contributed by atoms with Gasteiger partial charge in [0, 0.05) is 11.0 Å². The van der Waals surface area contributed by atoms with Gasteiger partial charge >= 0.3 is 5.97 Å². The van der Waals surface area contributed by atoms with Crippen LogP contribution in [0.4, 0.5) is 0 Å². The van der Waals surface area contributed by atoms with Gasteiger partial charge < -0.3 is 10.8 Å². The molecule has 0 saturated carbocycles. The average Bonchev–Trinajstić information content (AvgIpc) is 2.27. The Morgan fingerprint density at radius 3 is 2.56 bits per heavy atom. The zero-order chi connectivity index (χ0) is 12.3. The van der Waals surface area contributed by atoms with E-state index in [1.165, 1.54) is 0 Å². The molecule has 1 aromatic carbocycles. The Kier molecular flexibility index (Phi) is 3.36. The minimum absolute atomic E-state index is 0.684. The lowest BCUT2D eigenvalue weighted by Crippen LogP contribution is -2.47. The van der Waals surface area contributed by atoms with Gasteiger partial charge in [0.2, 0.25) is 0 Å². The van der Waals surface area contributed by atoms with Crippen LogP contribution in [0, 0.1) is 12.3 Å². The predicted octanol–water partition coefficient (Wildman–Crippen LogP) is 1.36. The van der Waals surface area contributed by atoms with E-state index < -0.39 is 17.4 Å². The lowest BCUT2D eigenvalue weighted by molar-refractivity contribution is -0.140. The molecule has 0 bridgehead atoms. The van der Waals surface area contributed by atoms with Crippen LogP contribution in [-0.2, 0) is 10.2 Å². The number of rotatable bonds is 3. The molecule has 3 N–H and O–H groups in total. The number of carboxylic acid groups (broad SMARTS) is 1. The highest BCUT2D eigenvalue weighted by atomic mass is 16.4. The van der Waals surface area contributed by atoms with Crippen molar-refractivity contribution in [3.63, 3.8) is 0 Å². The standard InChI is InChI=1S/C13H15NO2/c1-4-9-7-5-6-8-10(9)13(2,3)11(14)12(15)16/h1,5-8,11H,14H2,2-3H3,(H,15,16). The molecule has 1 atom stereocenters. The first-order valence-electron chi connectivity index (χ1n) is 4.95. The smallest absolute Gasteiger partial charge is 0.321 e. The topological polar surface area (TPSA) is 63.3 Å². The van der Waals surface area contributed by atoms with E-state index in [-0.39, 0.29) is 0 Å². The van der Waals surface area contributed by atoms with Crippen molar-refractivity contribution in [1.29, 1.82) is 0 Å². The Labute approximate surface area is 95.3 Å². The van der Waals surface area contributed by atoms with Crippen LogP contribution in [0.25, 0.3) is 0 Å². The van der Waals surface area contributed by atoms with E-state index in [0.29, 0.717) is 5.56 Å². The fourth-order valence-corrected chi connectivity index (χ4v) is 1.65. The van der Waals surface area contributed by atoms with Crippen molar-refractivity contribution in [3.8, 4) is 12.3 Å². The fraction of sp³-hybridized carbons (Fsp3) is 0.308. The number of aliphatic carboxylic acids is 1. The molecule has 0 aliphatic rings. The second-order valence-electron chi connectivity index (χ2n) is 4.23. The van der Waals surface area contributed by atoms with Gasteiger partial charge in [0.1, 0.15) is 6.04 Å². The highest BCUT2D eigenvalue weighted by Crippen LogP contribution is 2.28. The van der Waals surface area contributed by atoms with Crippen LogP contribution in [0.15, 0.2) is 24.3 Å². The molecule has 0 aliphatic heterocycles. The first-order chi connectivity index (χ1) is 7.41. The number of benzene rings is 1. The number of hydrogen-bond donors (Lipinski definition) is 2. The van der Waals surface area contributed by atoms with Crippen molar-refractivity contribution < 1.29 is 9.90 Å². The zero-order valence-corrected chi connectivity index (χ0v) is 9.40. The van der Waals surface area contributed by atoms with Gasteiger partial charge in [-0.1, -0.05) is 38.0 Å². The van der Waals surface area contributed by atoms with Crippen molar-refractivity contribution in [3.05, 3.63) is 35.4 Å². The second-order valence-corrected chi connectivity index (χ2v) is 4.23. The molecule has 84 valence electrons. The molecule has 0 fully saturated rings. The number of carboxylic acids is 1. The maximum atomic E-state index is 10.9. The van der Waals surface area contributed by atoms with Gasteiger partial charge in [0.25, 0.3) is 0 Å². The first-order valence-corrected chi connectivity index (χ1v) is 4.95. The molecule has 0 radical (unpaired) electrons. The molecule has 0 saturated heterocycles. The van der Waals surface area contributed by atoms with Gasteiger partial charge in [-0.25, -0.2) is 0 Å². The Hall–Kier alpha value is -1.79. The summed E-state index contributed by atoms with van der Waals surface area (Å²) in [6.07, 6.45) is 5.39. The maximum absolute atomic E-state index is 10.9. The molecule has 1 unspecified atom stereocenters. The van der Waals surface area contributed by atoms with E-state index in [4.69, 9.17) is 17.3 Å². The lowest BCUT2D eigenvalue weighted by atomic mass is 9.76. The van der Waals surface area contributed by atoms with Crippen LogP contribution in [0.3, 0.4) is 0 Å². The summed E-state index contributed by atoms with van der Waals surface area (Å²) in [4.78, 5) is 10.9. The summed E-state index contributed by atoms with van der Waals surface area (Å²) < 4.78 is 0. The van der Waals surface area contributed by atoms with Gasteiger partial charge in [-0.3, -0.25) is 4.79 Å². The molecule has 3 heteroatoms. The first kappa shape index (κ1) is 12.3. The van der Waals surface area contributed by atoms with E-state index >= 15 is 0 Å². The summed E-state index contributed by atoms with van der Waals surface area (Å²) in [7, 11) is 0. The van der Waals surface area contributed by atoms with Gasteiger partial charge in [0.15, 0.2) is 0 Å². The Morgan fingerprint density at radius 1 is 1.50 bits per heavy atom. The van der Waals surface area contributed by atoms with Gasteiger partial charge in [-0.2, -0.15) is 0 Å². The largest absolute Gasteiger partial charge is 0.480 e. The minimum Gasteiger partial charge on any atom is -0.480 e. The monoisotopic (exact) mass is 217 g/mol. The highest BCUT2D eigenvalue weighted by Gasteiger charge is 2.34. The quantitative estimate of drug-likeness (QED) is 0.751.